The Morgan fingerprint density at radius 1 is 0.867 bits per heavy atom. The van der Waals surface area contributed by atoms with Crippen molar-refractivity contribution in [2.24, 2.45) is 0 Å². The van der Waals surface area contributed by atoms with Gasteiger partial charge in [-0.3, -0.25) is 4.79 Å². The van der Waals surface area contributed by atoms with Gasteiger partial charge in [-0.05, 0) is 60.1 Å². The average Bonchev–Trinajstić information content (AvgIpc) is 2.74. The third-order valence-electron chi connectivity index (χ3n) is 5.68. The topological polar surface area (TPSA) is 66.5 Å². The smallest absolute Gasteiger partial charge is 0.255 e. The minimum absolute atomic E-state index is 0.230. The maximum absolute atomic E-state index is 13.0. The van der Waals surface area contributed by atoms with Crippen LogP contribution in [0.3, 0.4) is 0 Å². The molecule has 1 heterocycles. The number of benzene rings is 2. The first-order valence-electron chi connectivity index (χ1n) is 10.8. The average molecular weight is 429 g/mol. The number of anilines is 1. The van der Waals surface area contributed by atoms with Gasteiger partial charge in [0.2, 0.25) is 10.0 Å². The Morgan fingerprint density at radius 2 is 1.40 bits per heavy atom. The third-order valence-corrected chi connectivity index (χ3v) is 7.59. The highest BCUT2D eigenvalue weighted by atomic mass is 32.2. The highest BCUT2D eigenvalue weighted by molar-refractivity contribution is 7.89. The number of para-hydroxylation sites is 1. The summed E-state index contributed by atoms with van der Waals surface area (Å²) in [6.07, 6.45) is 2.86. The molecule has 0 unspecified atom stereocenters. The van der Waals surface area contributed by atoms with Gasteiger partial charge in [-0.2, -0.15) is 4.31 Å². The molecule has 1 fully saturated rings. The van der Waals surface area contributed by atoms with Crippen molar-refractivity contribution in [1.82, 2.24) is 4.31 Å². The fourth-order valence-corrected chi connectivity index (χ4v) is 5.43. The number of hydrogen-bond donors (Lipinski definition) is 1. The first-order chi connectivity index (χ1) is 14.2. The molecule has 162 valence electrons. The Kier molecular flexibility index (Phi) is 6.98. The Morgan fingerprint density at radius 3 is 1.90 bits per heavy atom. The molecule has 5 nitrogen and oxygen atoms in total. The van der Waals surface area contributed by atoms with Crippen molar-refractivity contribution < 1.29 is 13.2 Å². The highest BCUT2D eigenvalue weighted by Gasteiger charge is 2.26. The van der Waals surface area contributed by atoms with Gasteiger partial charge in [0, 0.05) is 24.3 Å². The van der Waals surface area contributed by atoms with Gasteiger partial charge in [0.25, 0.3) is 5.91 Å². The van der Waals surface area contributed by atoms with E-state index in [2.05, 4.69) is 33.0 Å². The lowest BCUT2D eigenvalue weighted by atomic mass is 9.92. The molecule has 1 aliphatic rings. The molecule has 1 aliphatic heterocycles. The zero-order valence-electron chi connectivity index (χ0n) is 18.3. The predicted molar refractivity (Wildman–Crippen MR) is 122 cm³/mol. The summed E-state index contributed by atoms with van der Waals surface area (Å²) in [5.41, 5.74) is 3.50. The lowest BCUT2D eigenvalue weighted by Gasteiger charge is -2.25. The first kappa shape index (κ1) is 22.5. The van der Waals surface area contributed by atoms with Gasteiger partial charge in [0.05, 0.1) is 4.90 Å². The van der Waals surface area contributed by atoms with Gasteiger partial charge < -0.3 is 5.32 Å². The molecule has 2 aromatic carbocycles. The standard InChI is InChI=1S/C24H32N2O3S/c1-17(2)21-9-8-10-22(18(3)4)23(21)25-24(27)19-11-13-20(14-12-19)30(28,29)26-15-6-5-7-16-26/h8-14,17-18H,5-7,15-16H2,1-4H3,(H,25,27). The Balaban J connectivity index is 1.84. The molecule has 1 N–H and O–H groups in total. The molecule has 30 heavy (non-hydrogen) atoms. The summed E-state index contributed by atoms with van der Waals surface area (Å²) in [5, 5.41) is 3.08. The van der Waals surface area contributed by atoms with E-state index in [9.17, 15) is 13.2 Å². The molecule has 3 rings (SSSR count). The molecule has 1 amide bonds. The van der Waals surface area contributed by atoms with Crippen LogP contribution in [0.2, 0.25) is 0 Å². The van der Waals surface area contributed by atoms with Crippen LogP contribution in [-0.2, 0) is 10.0 Å². The minimum Gasteiger partial charge on any atom is -0.321 e. The van der Waals surface area contributed by atoms with Crippen LogP contribution in [0, 0.1) is 0 Å². The first-order valence-corrected chi connectivity index (χ1v) is 12.2. The van der Waals surface area contributed by atoms with E-state index in [1.807, 2.05) is 18.2 Å². The van der Waals surface area contributed by atoms with Gasteiger partial charge in [-0.25, -0.2) is 8.42 Å². The van der Waals surface area contributed by atoms with E-state index in [1.165, 1.54) is 12.1 Å². The summed E-state index contributed by atoms with van der Waals surface area (Å²) >= 11 is 0. The summed E-state index contributed by atoms with van der Waals surface area (Å²) in [7, 11) is -3.50. The Bertz CT molecular complexity index is 963. The molecular weight excluding hydrogens is 396 g/mol. The number of piperidine rings is 1. The van der Waals surface area contributed by atoms with Gasteiger partial charge in [0.15, 0.2) is 0 Å². The van der Waals surface area contributed by atoms with Crippen LogP contribution in [0.25, 0.3) is 0 Å². The predicted octanol–water partition coefficient (Wildman–Crippen LogP) is 5.36. The summed E-state index contributed by atoms with van der Waals surface area (Å²) in [6, 6.07) is 12.4. The van der Waals surface area contributed by atoms with Gasteiger partial charge >= 0.3 is 0 Å². The van der Waals surface area contributed by atoms with Gasteiger partial charge in [-0.15, -0.1) is 0 Å². The van der Waals surface area contributed by atoms with Crippen molar-refractivity contribution in [3.05, 3.63) is 59.2 Å². The second kappa shape index (κ2) is 9.31. The molecule has 0 radical (unpaired) electrons. The number of rotatable bonds is 6. The van der Waals surface area contributed by atoms with Crippen LogP contribution < -0.4 is 5.32 Å². The summed E-state index contributed by atoms with van der Waals surface area (Å²) in [4.78, 5) is 13.2. The molecular formula is C24H32N2O3S. The van der Waals surface area contributed by atoms with Crippen LogP contribution >= 0.6 is 0 Å². The van der Waals surface area contributed by atoms with Crippen LogP contribution in [0.4, 0.5) is 5.69 Å². The van der Waals surface area contributed by atoms with Crippen molar-refractivity contribution >= 4 is 21.6 Å². The van der Waals surface area contributed by atoms with Gasteiger partial charge in [-0.1, -0.05) is 52.3 Å². The Hall–Kier alpha value is -2.18. The maximum Gasteiger partial charge on any atom is 0.255 e. The van der Waals surface area contributed by atoms with Crippen LogP contribution in [0.1, 0.15) is 80.3 Å². The quantitative estimate of drug-likeness (QED) is 0.673. The van der Waals surface area contributed by atoms with Crippen molar-refractivity contribution in [2.75, 3.05) is 18.4 Å². The number of nitrogens with one attached hydrogen (secondary N) is 1. The van der Waals surface area contributed by atoms with E-state index in [-0.39, 0.29) is 22.6 Å². The number of carbonyl (C=O) groups excluding carboxylic acids is 1. The lowest BCUT2D eigenvalue weighted by molar-refractivity contribution is 0.102. The van der Waals surface area contributed by atoms with E-state index < -0.39 is 10.0 Å². The molecule has 0 aromatic heterocycles. The van der Waals surface area contributed by atoms with Crippen molar-refractivity contribution in [3.63, 3.8) is 0 Å². The number of carbonyl (C=O) groups is 1. The fraction of sp³-hybridized carbons (Fsp3) is 0.458. The molecule has 6 heteroatoms. The van der Waals surface area contributed by atoms with E-state index in [1.54, 1.807) is 16.4 Å². The SMILES string of the molecule is CC(C)c1cccc(C(C)C)c1NC(=O)c1ccc(S(=O)(=O)N2CCCCC2)cc1. The minimum atomic E-state index is -3.50. The maximum atomic E-state index is 13.0. The zero-order chi connectivity index (χ0) is 21.9. The largest absolute Gasteiger partial charge is 0.321 e. The monoisotopic (exact) mass is 428 g/mol. The van der Waals surface area contributed by atoms with Crippen LogP contribution in [0.15, 0.2) is 47.4 Å². The number of hydrogen-bond acceptors (Lipinski definition) is 3. The van der Waals surface area contributed by atoms with Gasteiger partial charge in [0.1, 0.15) is 0 Å². The molecule has 0 bridgehead atoms. The summed E-state index contributed by atoms with van der Waals surface area (Å²) < 4.78 is 27.2. The highest BCUT2D eigenvalue weighted by Crippen LogP contribution is 2.32. The van der Waals surface area contributed by atoms with Crippen molar-refractivity contribution in [1.29, 1.82) is 0 Å². The molecule has 1 saturated heterocycles. The fourth-order valence-electron chi connectivity index (χ4n) is 3.91. The number of nitrogens with zero attached hydrogens (tertiary/aromatic N) is 1. The van der Waals surface area contributed by atoms with E-state index >= 15 is 0 Å². The van der Waals surface area contributed by atoms with Crippen molar-refractivity contribution in [3.8, 4) is 0 Å². The van der Waals surface area contributed by atoms with Crippen LogP contribution in [-0.4, -0.2) is 31.7 Å². The normalized spacial score (nSPS) is 15.5. The van der Waals surface area contributed by atoms with Crippen LogP contribution in [0.5, 0.6) is 0 Å². The summed E-state index contributed by atoms with van der Waals surface area (Å²) in [6.45, 7) is 9.55. The van der Waals surface area contributed by atoms with Crippen molar-refractivity contribution in [2.45, 2.75) is 63.7 Å². The number of sulfonamides is 1. The third kappa shape index (κ3) is 4.76. The lowest BCUT2D eigenvalue weighted by Crippen LogP contribution is -2.35. The zero-order valence-corrected chi connectivity index (χ0v) is 19.1. The molecule has 0 atom stereocenters. The molecule has 0 aliphatic carbocycles. The van der Waals surface area contributed by atoms with E-state index in [4.69, 9.17) is 0 Å². The molecule has 2 aromatic rings. The second-order valence-electron chi connectivity index (χ2n) is 8.56. The summed E-state index contributed by atoms with van der Waals surface area (Å²) in [5.74, 6) is 0.319. The Labute approximate surface area is 180 Å². The number of amides is 1. The van der Waals surface area contributed by atoms with E-state index in [0.29, 0.717) is 18.7 Å². The molecule has 0 spiro atoms. The van der Waals surface area contributed by atoms with E-state index in [0.717, 1.165) is 36.1 Å². The molecule has 0 saturated carbocycles. The second-order valence-corrected chi connectivity index (χ2v) is 10.5.